The normalized spacial score (nSPS) is 16.2. The maximum atomic E-state index is 13.0. The van der Waals surface area contributed by atoms with Crippen LogP contribution < -0.4 is 16.0 Å². The second kappa shape index (κ2) is 12.4. The van der Waals surface area contributed by atoms with Gasteiger partial charge in [0.2, 0.25) is 0 Å². The molecule has 0 aliphatic heterocycles. The van der Waals surface area contributed by atoms with Gasteiger partial charge in [-0.2, -0.15) is 13.2 Å². The summed E-state index contributed by atoms with van der Waals surface area (Å²) in [7, 11) is 3.40. The summed E-state index contributed by atoms with van der Waals surface area (Å²) in [4.78, 5) is 7.99. The number of hydrogen-bond acceptors (Lipinski definition) is 4. The molecular formula is C19H31F3IN5O. The van der Waals surface area contributed by atoms with Crippen LogP contribution in [0.3, 0.4) is 0 Å². The highest BCUT2D eigenvalue weighted by Gasteiger charge is 2.34. The first-order valence-electron chi connectivity index (χ1n) is 9.60. The largest absolute Gasteiger partial charge is 0.419 e. The predicted molar refractivity (Wildman–Crippen MR) is 120 cm³/mol. The molecule has 0 spiro atoms. The number of rotatable bonds is 9. The molecule has 0 aromatic carbocycles. The summed E-state index contributed by atoms with van der Waals surface area (Å²) in [5, 5.41) is 9.23. The number of pyridine rings is 1. The van der Waals surface area contributed by atoms with Crippen molar-refractivity contribution in [1.29, 1.82) is 0 Å². The fraction of sp³-hybridized carbons (Fsp3) is 0.684. The number of guanidine groups is 1. The molecule has 2 rings (SSSR count). The van der Waals surface area contributed by atoms with Crippen LogP contribution in [-0.4, -0.2) is 51.3 Å². The molecule has 1 aliphatic rings. The van der Waals surface area contributed by atoms with Crippen molar-refractivity contribution >= 4 is 35.8 Å². The maximum Gasteiger partial charge on any atom is 0.419 e. The Labute approximate surface area is 187 Å². The van der Waals surface area contributed by atoms with Gasteiger partial charge in [-0.3, -0.25) is 4.99 Å². The molecule has 0 unspecified atom stereocenters. The molecule has 0 saturated heterocycles. The number of nitrogens with one attached hydrogen (secondary N) is 3. The van der Waals surface area contributed by atoms with Gasteiger partial charge in [0.05, 0.1) is 5.56 Å². The van der Waals surface area contributed by atoms with E-state index in [0.29, 0.717) is 12.5 Å². The molecule has 10 heteroatoms. The molecule has 0 atom stereocenters. The lowest BCUT2D eigenvalue weighted by molar-refractivity contribution is -0.137. The number of alkyl halides is 3. The first kappa shape index (κ1) is 25.7. The molecule has 0 amide bonds. The van der Waals surface area contributed by atoms with E-state index in [9.17, 15) is 13.2 Å². The molecule has 1 saturated carbocycles. The SMILES string of the molecule is CN=C(NCCNc1ncccc1C(F)(F)F)NCC1(CCOC)CCCC1.I. The lowest BCUT2D eigenvalue weighted by atomic mass is 9.83. The lowest BCUT2D eigenvalue weighted by Crippen LogP contribution is -2.44. The van der Waals surface area contributed by atoms with Gasteiger partial charge in [-0.1, -0.05) is 12.8 Å². The van der Waals surface area contributed by atoms with Crippen molar-refractivity contribution in [3.63, 3.8) is 0 Å². The topological polar surface area (TPSA) is 70.6 Å². The second-order valence-electron chi connectivity index (χ2n) is 7.13. The zero-order valence-electron chi connectivity index (χ0n) is 16.9. The number of nitrogens with zero attached hydrogens (tertiary/aromatic N) is 2. The van der Waals surface area contributed by atoms with Crippen LogP contribution in [0.1, 0.15) is 37.7 Å². The minimum absolute atomic E-state index is 0. The van der Waals surface area contributed by atoms with Crippen LogP contribution in [-0.2, 0) is 10.9 Å². The fourth-order valence-corrected chi connectivity index (χ4v) is 3.59. The molecule has 6 nitrogen and oxygen atoms in total. The van der Waals surface area contributed by atoms with E-state index < -0.39 is 11.7 Å². The highest BCUT2D eigenvalue weighted by atomic mass is 127. The Morgan fingerprint density at radius 3 is 2.59 bits per heavy atom. The van der Waals surface area contributed by atoms with Gasteiger partial charge >= 0.3 is 6.18 Å². The number of halogens is 4. The summed E-state index contributed by atoms with van der Waals surface area (Å²) >= 11 is 0. The predicted octanol–water partition coefficient (Wildman–Crippen LogP) is 3.89. The first-order valence-corrected chi connectivity index (χ1v) is 9.60. The summed E-state index contributed by atoms with van der Waals surface area (Å²) in [6.07, 6.45) is 2.71. The van der Waals surface area contributed by atoms with Crippen LogP contribution in [0.2, 0.25) is 0 Å². The Morgan fingerprint density at radius 2 is 1.97 bits per heavy atom. The average Bonchev–Trinajstić information content (AvgIpc) is 3.14. The van der Waals surface area contributed by atoms with Crippen molar-refractivity contribution in [2.24, 2.45) is 10.4 Å². The summed E-state index contributed by atoms with van der Waals surface area (Å²) in [5.74, 6) is 0.478. The van der Waals surface area contributed by atoms with E-state index in [1.165, 1.54) is 37.9 Å². The summed E-state index contributed by atoms with van der Waals surface area (Å²) in [5.41, 5.74) is -0.541. The quantitative estimate of drug-likeness (QED) is 0.196. The molecule has 1 heterocycles. The van der Waals surface area contributed by atoms with E-state index >= 15 is 0 Å². The zero-order chi connectivity index (χ0) is 20.5. The highest BCUT2D eigenvalue weighted by Crippen LogP contribution is 2.40. The van der Waals surface area contributed by atoms with Crippen molar-refractivity contribution < 1.29 is 17.9 Å². The summed E-state index contributed by atoms with van der Waals surface area (Å²) < 4.78 is 44.2. The third-order valence-corrected chi connectivity index (χ3v) is 5.18. The van der Waals surface area contributed by atoms with E-state index in [1.807, 2.05) is 0 Å². The van der Waals surface area contributed by atoms with Gasteiger partial charge in [0.25, 0.3) is 0 Å². The van der Waals surface area contributed by atoms with E-state index in [-0.39, 0.29) is 41.8 Å². The van der Waals surface area contributed by atoms with Crippen molar-refractivity contribution in [2.75, 3.05) is 45.7 Å². The van der Waals surface area contributed by atoms with Gasteiger partial charge in [0.15, 0.2) is 5.96 Å². The minimum atomic E-state index is -4.43. The number of ether oxygens (including phenoxy) is 1. The van der Waals surface area contributed by atoms with Crippen LogP contribution in [0.25, 0.3) is 0 Å². The Morgan fingerprint density at radius 1 is 1.24 bits per heavy atom. The average molecular weight is 529 g/mol. The van der Waals surface area contributed by atoms with E-state index in [1.54, 1.807) is 14.2 Å². The number of methoxy groups -OCH3 is 1. The van der Waals surface area contributed by atoms with Crippen molar-refractivity contribution in [1.82, 2.24) is 15.6 Å². The number of aliphatic imine (C=N–C) groups is 1. The van der Waals surface area contributed by atoms with Crippen molar-refractivity contribution in [2.45, 2.75) is 38.3 Å². The first-order chi connectivity index (χ1) is 13.4. The molecule has 1 aliphatic carbocycles. The van der Waals surface area contributed by atoms with Crippen LogP contribution in [0.5, 0.6) is 0 Å². The Hall–Kier alpha value is -1.30. The number of anilines is 1. The highest BCUT2D eigenvalue weighted by molar-refractivity contribution is 14.0. The van der Waals surface area contributed by atoms with E-state index in [4.69, 9.17) is 4.74 Å². The molecule has 166 valence electrons. The van der Waals surface area contributed by atoms with Gasteiger partial charge in [-0.15, -0.1) is 24.0 Å². The number of aromatic nitrogens is 1. The number of hydrogen-bond donors (Lipinski definition) is 3. The Balaban J connectivity index is 0.00000420. The Kier molecular flexibility index (Phi) is 11.0. The van der Waals surface area contributed by atoms with Crippen LogP contribution in [0.15, 0.2) is 23.3 Å². The van der Waals surface area contributed by atoms with Crippen molar-refractivity contribution in [3.8, 4) is 0 Å². The standard InChI is InChI=1S/C19H30F3N5O.HI/c1-23-17(27-14-18(9-13-28-2)7-3-4-8-18)26-12-11-25-16-15(19(20,21)22)6-5-10-24-16;/h5-6,10H,3-4,7-9,11-14H2,1-2H3,(H,24,25)(H2,23,26,27);1H. The monoisotopic (exact) mass is 529 g/mol. The van der Waals surface area contributed by atoms with Gasteiger partial charge in [-0.05, 0) is 36.8 Å². The third-order valence-electron chi connectivity index (χ3n) is 5.18. The fourth-order valence-electron chi connectivity index (χ4n) is 3.59. The smallest absolute Gasteiger partial charge is 0.385 e. The molecular weight excluding hydrogens is 498 g/mol. The van der Waals surface area contributed by atoms with E-state index in [2.05, 4.69) is 25.9 Å². The van der Waals surface area contributed by atoms with E-state index in [0.717, 1.165) is 25.6 Å². The molecule has 29 heavy (non-hydrogen) atoms. The Bertz CT molecular complexity index is 637. The van der Waals surface area contributed by atoms with Crippen LogP contribution >= 0.6 is 24.0 Å². The molecule has 3 N–H and O–H groups in total. The van der Waals surface area contributed by atoms with Gasteiger partial charge in [-0.25, -0.2) is 4.98 Å². The maximum absolute atomic E-state index is 13.0. The lowest BCUT2D eigenvalue weighted by Gasteiger charge is -2.30. The summed E-state index contributed by atoms with van der Waals surface area (Å²) in [6.45, 7) is 2.25. The van der Waals surface area contributed by atoms with Crippen molar-refractivity contribution in [3.05, 3.63) is 23.9 Å². The summed E-state index contributed by atoms with van der Waals surface area (Å²) in [6, 6.07) is 2.30. The third kappa shape index (κ3) is 8.15. The second-order valence-corrected chi connectivity index (χ2v) is 7.13. The molecule has 1 fully saturated rings. The van der Waals surface area contributed by atoms with Crippen LogP contribution in [0, 0.1) is 5.41 Å². The molecule has 0 bridgehead atoms. The van der Waals surface area contributed by atoms with Crippen LogP contribution in [0.4, 0.5) is 19.0 Å². The van der Waals surface area contributed by atoms with Gasteiger partial charge < -0.3 is 20.7 Å². The molecule has 0 radical (unpaired) electrons. The molecule has 1 aromatic heterocycles. The van der Waals surface area contributed by atoms with Gasteiger partial charge in [0.1, 0.15) is 5.82 Å². The van der Waals surface area contributed by atoms with Gasteiger partial charge in [0, 0.05) is 46.6 Å². The molecule has 1 aromatic rings. The zero-order valence-corrected chi connectivity index (χ0v) is 19.3. The minimum Gasteiger partial charge on any atom is -0.385 e.